The van der Waals surface area contributed by atoms with Gasteiger partial charge in [-0.2, -0.15) is 0 Å². The van der Waals surface area contributed by atoms with Gasteiger partial charge in [-0.05, 0) is 49.2 Å². The van der Waals surface area contributed by atoms with Crippen molar-refractivity contribution in [3.63, 3.8) is 0 Å². The van der Waals surface area contributed by atoms with Crippen LogP contribution in [0, 0.1) is 24.0 Å². The highest BCUT2D eigenvalue weighted by Gasteiger charge is 2.18. The summed E-state index contributed by atoms with van der Waals surface area (Å²) in [6, 6.07) is 9.40. The quantitative estimate of drug-likeness (QED) is 0.690. The second-order valence-corrected chi connectivity index (χ2v) is 4.73. The molecule has 0 aliphatic rings. The number of nitrogens with two attached hydrogens (primary N) is 1. The lowest BCUT2D eigenvalue weighted by atomic mass is 10.1. The van der Waals surface area contributed by atoms with E-state index in [0.29, 0.717) is 5.75 Å². The van der Waals surface area contributed by atoms with Gasteiger partial charge in [0.25, 0.3) is 0 Å². The number of hydrogen-bond acceptors (Lipinski definition) is 4. The maximum Gasteiger partial charge on any atom is 0.312 e. The normalized spacial score (nSPS) is 10.2. The molecule has 0 bridgehead atoms. The minimum Gasteiger partial charge on any atom is -0.450 e. The predicted molar refractivity (Wildman–Crippen MR) is 77.6 cm³/mol. The fourth-order valence-corrected chi connectivity index (χ4v) is 2.02. The largest absolute Gasteiger partial charge is 0.450 e. The maximum atomic E-state index is 11.1. The smallest absolute Gasteiger partial charge is 0.312 e. The summed E-state index contributed by atoms with van der Waals surface area (Å²) in [4.78, 5) is 21.6. The molecule has 0 unspecified atom stereocenters. The van der Waals surface area contributed by atoms with Crippen molar-refractivity contribution >= 4 is 11.6 Å². The summed E-state index contributed by atoms with van der Waals surface area (Å²) in [5.74, 6) is -0.159. The van der Waals surface area contributed by atoms with Gasteiger partial charge in [-0.25, -0.2) is 0 Å². The Kier molecular flexibility index (Phi) is 3.89. The first-order valence-corrected chi connectivity index (χ1v) is 6.21. The number of nitro groups is 1. The van der Waals surface area contributed by atoms with E-state index in [1.807, 2.05) is 19.9 Å². The number of aryl methyl sites for hydroxylation is 2. The summed E-state index contributed by atoms with van der Waals surface area (Å²) >= 11 is 0. The van der Waals surface area contributed by atoms with Gasteiger partial charge < -0.3 is 10.5 Å². The van der Waals surface area contributed by atoms with E-state index in [1.165, 1.54) is 12.1 Å². The molecule has 0 fully saturated rings. The van der Waals surface area contributed by atoms with Crippen molar-refractivity contribution in [2.45, 2.75) is 13.8 Å². The Bertz CT molecular complexity index is 705. The van der Waals surface area contributed by atoms with Crippen LogP contribution in [0.15, 0.2) is 36.4 Å². The summed E-state index contributed by atoms with van der Waals surface area (Å²) in [6.45, 7) is 3.81. The summed E-state index contributed by atoms with van der Waals surface area (Å²) in [6.07, 6.45) is 0. The molecular formula is C15H14N2O4. The van der Waals surface area contributed by atoms with Crippen molar-refractivity contribution in [1.29, 1.82) is 0 Å². The van der Waals surface area contributed by atoms with Crippen LogP contribution < -0.4 is 10.5 Å². The van der Waals surface area contributed by atoms with Crippen molar-refractivity contribution in [1.82, 2.24) is 0 Å². The predicted octanol–water partition coefficient (Wildman–Crippen LogP) is 3.10. The summed E-state index contributed by atoms with van der Waals surface area (Å²) in [5, 5.41) is 11.1. The molecule has 0 aliphatic carbocycles. The van der Waals surface area contributed by atoms with E-state index in [1.54, 1.807) is 12.1 Å². The van der Waals surface area contributed by atoms with E-state index >= 15 is 0 Å². The Morgan fingerprint density at radius 1 is 1.14 bits per heavy atom. The average molecular weight is 286 g/mol. The van der Waals surface area contributed by atoms with Crippen LogP contribution in [0.1, 0.15) is 21.5 Å². The highest BCUT2D eigenvalue weighted by Crippen LogP contribution is 2.32. The topological polar surface area (TPSA) is 95.5 Å². The number of ether oxygens (including phenoxy) is 1. The molecule has 0 aromatic heterocycles. The number of nitrogens with zero attached hydrogens (tertiary/aromatic N) is 1. The van der Waals surface area contributed by atoms with Crippen LogP contribution in [0.25, 0.3) is 0 Å². The number of nitro benzene ring substituents is 1. The van der Waals surface area contributed by atoms with Gasteiger partial charge in [0.05, 0.1) is 4.92 Å². The zero-order valence-corrected chi connectivity index (χ0v) is 11.6. The van der Waals surface area contributed by atoms with Crippen LogP contribution in [0.3, 0.4) is 0 Å². The first-order chi connectivity index (χ1) is 9.86. The van der Waals surface area contributed by atoms with Gasteiger partial charge >= 0.3 is 5.69 Å². The molecule has 0 aliphatic heterocycles. The van der Waals surface area contributed by atoms with E-state index < -0.39 is 10.8 Å². The molecule has 0 saturated carbocycles. The third-order valence-electron chi connectivity index (χ3n) is 2.86. The Hall–Kier alpha value is -2.89. The molecule has 6 nitrogen and oxygen atoms in total. The van der Waals surface area contributed by atoms with Crippen LogP contribution in [-0.4, -0.2) is 10.8 Å². The lowest BCUT2D eigenvalue weighted by molar-refractivity contribution is -0.385. The molecule has 6 heteroatoms. The Balaban J connectivity index is 2.43. The lowest BCUT2D eigenvalue weighted by Gasteiger charge is -2.09. The summed E-state index contributed by atoms with van der Waals surface area (Å²) in [5.41, 5.74) is 6.86. The molecule has 0 spiro atoms. The number of rotatable bonds is 4. The number of benzene rings is 2. The van der Waals surface area contributed by atoms with Crippen molar-refractivity contribution in [3.8, 4) is 11.5 Å². The SMILES string of the molecule is Cc1cc(C)cc(Oc2ccc(C(N)=O)cc2[N+](=O)[O-])c1. The number of hydrogen-bond donors (Lipinski definition) is 1. The maximum absolute atomic E-state index is 11.1. The highest BCUT2D eigenvalue weighted by molar-refractivity contribution is 5.93. The highest BCUT2D eigenvalue weighted by atomic mass is 16.6. The molecule has 2 N–H and O–H groups in total. The standard InChI is InChI=1S/C15H14N2O4/c1-9-5-10(2)7-12(6-9)21-14-4-3-11(15(16)18)8-13(14)17(19)20/h3-8H,1-2H3,(H2,16,18). The molecule has 2 rings (SSSR count). The van der Waals surface area contributed by atoms with E-state index in [-0.39, 0.29) is 17.0 Å². The van der Waals surface area contributed by atoms with Crippen LogP contribution in [0.4, 0.5) is 5.69 Å². The Morgan fingerprint density at radius 2 is 1.76 bits per heavy atom. The van der Waals surface area contributed by atoms with Crippen LogP contribution in [0.5, 0.6) is 11.5 Å². The van der Waals surface area contributed by atoms with Crippen molar-refractivity contribution < 1.29 is 14.5 Å². The molecule has 0 saturated heterocycles. The fraction of sp³-hybridized carbons (Fsp3) is 0.133. The summed E-state index contributed by atoms with van der Waals surface area (Å²) in [7, 11) is 0. The van der Waals surface area contributed by atoms with Gasteiger partial charge in [-0.1, -0.05) is 6.07 Å². The fourth-order valence-electron chi connectivity index (χ4n) is 2.02. The molecule has 1 amide bonds. The zero-order valence-electron chi connectivity index (χ0n) is 11.6. The number of carbonyl (C=O) groups is 1. The molecule has 2 aromatic carbocycles. The summed E-state index contributed by atoms with van der Waals surface area (Å²) < 4.78 is 5.57. The average Bonchev–Trinajstić information content (AvgIpc) is 2.37. The number of primary amides is 1. The Labute approximate surface area is 121 Å². The molecule has 108 valence electrons. The Morgan fingerprint density at radius 3 is 2.29 bits per heavy atom. The van der Waals surface area contributed by atoms with Gasteiger partial charge in [0, 0.05) is 11.6 Å². The second kappa shape index (κ2) is 5.62. The van der Waals surface area contributed by atoms with Crippen LogP contribution in [0.2, 0.25) is 0 Å². The van der Waals surface area contributed by atoms with Gasteiger partial charge in [0.2, 0.25) is 11.7 Å². The first-order valence-electron chi connectivity index (χ1n) is 6.21. The van der Waals surface area contributed by atoms with Gasteiger partial charge in [-0.15, -0.1) is 0 Å². The monoisotopic (exact) mass is 286 g/mol. The number of carbonyl (C=O) groups excluding carboxylic acids is 1. The van der Waals surface area contributed by atoms with Crippen LogP contribution in [-0.2, 0) is 0 Å². The molecule has 0 atom stereocenters. The lowest BCUT2D eigenvalue weighted by Crippen LogP contribution is -2.11. The van der Waals surface area contributed by atoms with Gasteiger partial charge in [0.1, 0.15) is 5.75 Å². The molecule has 0 heterocycles. The van der Waals surface area contributed by atoms with Gasteiger partial charge in [-0.3, -0.25) is 14.9 Å². The van der Waals surface area contributed by atoms with Crippen molar-refractivity contribution in [2.75, 3.05) is 0 Å². The third-order valence-corrected chi connectivity index (χ3v) is 2.86. The van der Waals surface area contributed by atoms with E-state index in [9.17, 15) is 14.9 Å². The van der Waals surface area contributed by atoms with E-state index in [0.717, 1.165) is 17.2 Å². The minimum atomic E-state index is -0.726. The third kappa shape index (κ3) is 3.36. The van der Waals surface area contributed by atoms with Crippen molar-refractivity contribution in [3.05, 3.63) is 63.2 Å². The van der Waals surface area contributed by atoms with E-state index in [2.05, 4.69) is 0 Å². The second-order valence-electron chi connectivity index (χ2n) is 4.73. The van der Waals surface area contributed by atoms with Gasteiger partial charge in [0.15, 0.2) is 0 Å². The zero-order chi connectivity index (χ0) is 15.6. The molecule has 21 heavy (non-hydrogen) atoms. The molecule has 2 aromatic rings. The van der Waals surface area contributed by atoms with Crippen molar-refractivity contribution in [2.24, 2.45) is 5.73 Å². The number of amides is 1. The molecule has 0 radical (unpaired) electrons. The minimum absolute atomic E-state index is 0.0643. The van der Waals surface area contributed by atoms with E-state index in [4.69, 9.17) is 10.5 Å². The molecular weight excluding hydrogens is 272 g/mol. The van der Waals surface area contributed by atoms with Crippen LogP contribution >= 0.6 is 0 Å². The first kappa shape index (κ1) is 14.5.